The number of nitrogens with zero attached hydrogens (tertiary/aromatic N) is 4. The van der Waals surface area contributed by atoms with Crippen molar-refractivity contribution >= 4 is 22.8 Å². The van der Waals surface area contributed by atoms with Gasteiger partial charge in [0.15, 0.2) is 0 Å². The third kappa shape index (κ3) is 4.04. The second-order valence-corrected chi connectivity index (χ2v) is 9.71. The van der Waals surface area contributed by atoms with Crippen LogP contribution in [0.4, 0.5) is 5.69 Å². The van der Waals surface area contributed by atoms with Crippen LogP contribution in [0.25, 0.3) is 16.6 Å². The monoisotopic (exact) mass is 488 g/mol. The Balaban J connectivity index is 1.46. The van der Waals surface area contributed by atoms with Gasteiger partial charge in [-0.1, -0.05) is 66.2 Å². The lowest BCUT2D eigenvalue weighted by atomic mass is 9.98. The summed E-state index contributed by atoms with van der Waals surface area (Å²) < 4.78 is 5.37. The van der Waals surface area contributed by atoms with Crippen LogP contribution in [0.5, 0.6) is 0 Å². The zero-order valence-corrected chi connectivity index (χ0v) is 21.0. The van der Waals surface area contributed by atoms with Gasteiger partial charge in [-0.15, -0.1) is 0 Å². The smallest absolute Gasteiger partial charge is 0.281 e. The SMILES string of the molecule is Cc1cccc(Cn2c3cc(=O)n(CCC4C=Nc5ccccc54)c(C)c3c(=O)n2-c2ccccc2)c1. The highest BCUT2D eigenvalue weighted by Gasteiger charge is 2.22. The van der Waals surface area contributed by atoms with Crippen molar-refractivity contribution in [1.29, 1.82) is 0 Å². The van der Waals surface area contributed by atoms with Crippen molar-refractivity contribution in [2.24, 2.45) is 4.99 Å². The molecule has 0 N–H and O–H groups in total. The maximum atomic E-state index is 13.9. The molecule has 37 heavy (non-hydrogen) atoms. The van der Waals surface area contributed by atoms with Gasteiger partial charge < -0.3 is 4.57 Å². The molecule has 6 heteroatoms. The van der Waals surface area contributed by atoms with Gasteiger partial charge in [0.05, 0.1) is 28.8 Å². The Labute approximate surface area is 214 Å². The van der Waals surface area contributed by atoms with Crippen LogP contribution in [0.2, 0.25) is 0 Å². The molecule has 1 atom stereocenters. The summed E-state index contributed by atoms with van der Waals surface area (Å²) in [7, 11) is 0. The quantitative estimate of drug-likeness (QED) is 0.316. The van der Waals surface area contributed by atoms with Crippen LogP contribution in [0.1, 0.15) is 34.7 Å². The van der Waals surface area contributed by atoms with Gasteiger partial charge >= 0.3 is 0 Å². The van der Waals surface area contributed by atoms with Crippen LogP contribution in [-0.4, -0.2) is 20.1 Å². The maximum Gasteiger partial charge on any atom is 0.281 e. The minimum Gasteiger partial charge on any atom is -0.312 e. The van der Waals surface area contributed by atoms with Crippen molar-refractivity contribution < 1.29 is 0 Å². The molecular weight excluding hydrogens is 460 g/mol. The Morgan fingerprint density at radius 2 is 1.65 bits per heavy atom. The lowest BCUT2D eigenvalue weighted by Gasteiger charge is -2.15. The molecule has 1 aliphatic heterocycles. The summed E-state index contributed by atoms with van der Waals surface area (Å²) in [5.74, 6) is 0.157. The number of aliphatic imine (C=N–C) groups is 1. The fraction of sp³-hybridized carbons (Fsp3) is 0.194. The lowest BCUT2D eigenvalue weighted by Crippen LogP contribution is -2.24. The summed E-state index contributed by atoms with van der Waals surface area (Å²) in [6.45, 7) is 4.93. The second-order valence-electron chi connectivity index (χ2n) is 9.71. The third-order valence-corrected chi connectivity index (χ3v) is 7.28. The molecule has 0 fully saturated rings. The molecule has 0 spiro atoms. The van der Waals surface area contributed by atoms with Crippen molar-refractivity contribution in [2.75, 3.05) is 0 Å². The molecule has 0 radical (unpaired) electrons. The number of para-hydroxylation sites is 2. The van der Waals surface area contributed by atoms with E-state index >= 15 is 0 Å². The Kier molecular flexibility index (Phi) is 5.72. The zero-order chi connectivity index (χ0) is 25.5. The first-order valence-corrected chi connectivity index (χ1v) is 12.6. The van der Waals surface area contributed by atoms with Gasteiger partial charge in [-0.3, -0.25) is 19.3 Å². The lowest BCUT2D eigenvalue weighted by molar-refractivity contribution is 0.597. The van der Waals surface area contributed by atoms with E-state index in [1.165, 1.54) is 5.56 Å². The van der Waals surface area contributed by atoms with E-state index in [9.17, 15) is 9.59 Å². The molecule has 0 amide bonds. The Bertz CT molecular complexity index is 1770. The van der Waals surface area contributed by atoms with Gasteiger partial charge in [0.1, 0.15) is 0 Å². The van der Waals surface area contributed by atoms with Crippen LogP contribution in [-0.2, 0) is 13.1 Å². The summed E-state index contributed by atoms with van der Waals surface area (Å²) >= 11 is 0. The van der Waals surface area contributed by atoms with Crippen molar-refractivity contribution in [1.82, 2.24) is 13.9 Å². The zero-order valence-electron chi connectivity index (χ0n) is 21.0. The third-order valence-electron chi connectivity index (χ3n) is 7.28. The number of hydrogen-bond donors (Lipinski definition) is 0. The van der Waals surface area contributed by atoms with Crippen molar-refractivity contribution in [3.63, 3.8) is 0 Å². The molecule has 1 aliphatic rings. The Morgan fingerprint density at radius 1 is 0.865 bits per heavy atom. The van der Waals surface area contributed by atoms with Gasteiger partial charge in [0.25, 0.3) is 11.1 Å². The number of fused-ring (bicyclic) bond motifs is 2. The molecule has 5 aromatic rings. The van der Waals surface area contributed by atoms with E-state index in [2.05, 4.69) is 30.1 Å². The minimum atomic E-state index is -0.118. The van der Waals surface area contributed by atoms with Gasteiger partial charge in [-0.2, -0.15) is 0 Å². The topological polar surface area (TPSA) is 61.3 Å². The predicted molar refractivity (Wildman–Crippen MR) is 149 cm³/mol. The molecule has 2 aromatic heterocycles. The molecule has 0 bridgehead atoms. The number of hydrogen-bond acceptors (Lipinski definition) is 3. The molecular formula is C31H28N4O2. The van der Waals surface area contributed by atoms with Crippen LogP contribution >= 0.6 is 0 Å². The first kappa shape index (κ1) is 23.0. The highest BCUT2D eigenvalue weighted by molar-refractivity contribution is 5.82. The molecule has 0 aliphatic carbocycles. The first-order chi connectivity index (χ1) is 18.0. The molecule has 0 saturated heterocycles. The van der Waals surface area contributed by atoms with E-state index < -0.39 is 0 Å². The van der Waals surface area contributed by atoms with Gasteiger partial charge in [-0.05, 0) is 49.6 Å². The van der Waals surface area contributed by atoms with Crippen LogP contribution in [0.15, 0.2) is 99.5 Å². The van der Waals surface area contributed by atoms with Crippen LogP contribution in [0, 0.1) is 13.8 Å². The highest BCUT2D eigenvalue weighted by atomic mass is 16.1. The van der Waals surface area contributed by atoms with E-state index in [0.29, 0.717) is 29.7 Å². The highest BCUT2D eigenvalue weighted by Crippen LogP contribution is 2.34. The fourth-order valence-corrected chi connectivity index (χ4v) is 5.45. The molecule has 3 heterocycles. The molecule has 6 nitrogen and oxygen atoms in total. The van der Waals surface area contributed by atoms with Crippen molar-refractivity contribution in [2.45, 2.75) is 39.3 Å². The van der Waals surface area contributed by atoms with E-state index in [4.69, 9.17) is 0 Å². The number of rotatable bonds is 6. The summed E-state index contributed by atoms with van der Waals surface area (Å²) in [6, 6.07) is 27.6. The maximum absolute atomic E-state index is 13.9. The molecule has 6 rings (SSSR count). The van der Waals surface area contributed by atoms with Crippen molar-refractivity contribution in [3.8, 4) is 5.69 Å². The molecule has 1 unspecified atom stereocenters. The Hall–Kier alpha value is -4.45. The average molecular weight is 489 g/mol. The molecule has 3 aromatic carbocycles. The average Bonchev–Trinajstić information content (AvgIpc) is 3.43. The van der Waals surface area contributed by atoms with E-state index in [0.717, 1.165) is 28.9 Å². The Morgan fingerprint density at radius 3 is 2.46 bits per heavy atom. The van der Waals surface area contributed by atoms with Crippen LogP contribution < -0.4 is 11.1 Å². The van der Waals surface area contributed by atoms with E-state index in [-0.39, 0.29) is 17.0 Å². The number of aromatic nitrogens is 3. The van der Waals surface area contributed by atoms with E-state index in [1.54, 1.807) is 15.3 Å². The fourth-order valence-electron chi connectivity index (χ4n) is 5.45. The summed E-state index contributed by atoms with van der Waals surface area (Å²) in [4.78, 5) is 31.9. The first-order valence-electron chi connectivity index (χ1n) is 12.6. The summed E-state index contributed by atoms with van der Waals surface area (Å²) in [5, 5.41) is 0.580. The number of pyridine rings is 1. The standard InChI is InChI=1S/C31H28N4O2/c1-21-9-8-10-23(17-21)20-34-28-18-29(36)33(16-15-24-19-32-27-14-7-6-13-26(24)27)22(2)30(28)31(37)35(34)25-11-4-3-5-12-25/h3-14,17-19,24H,15-16,20H2,1-2H3. The van der Waals surface area contributed by atoms with Gasteiger partial charge in [-0.25, -0.2) is 4.68 Å². The summed E-state index contributed by atoms with van der Waals surface area (Å²) in [6.07, 6.45) is 2.70. The molecule has 0 saturated carbocycles. The largest absolute Gasteiger partial charge is 0.312 e. The van der Waals surface area contributed by atoms with Crippen molar-refractivity contribution in [3.05, 3.63) is 128 Å². The molecule has 184 valence electrons. The predicted octanol–water partition coefficient (Wildman–Crippen LogP) is 5.51. The normalized spacial score (nSPS) is 14.4. The minimum absolute atomic E-state index is 0.101. The van der Waals surface area contributed by atoms with Gasteiger partial charge in [0.2, 0.25) is 0 Å². The summed E-state index contributed by atoms with van der Waals surface area (Å²) in [5.41, 5.74) is 6.31. The second kappa shape index (κ2) is 9.21. The van der Waals surface area contributed by atoms with Crippen LogP contribution in [0.3, 0.4) is 0 Å². The van der Waals surface area contributed by atoms with Gasteiger partial charge in [0, 0.05) is 30.4 Å². The van der Waals surface area contributed by atoms with E-state index in [1.807, 2.05) is 78.5 Å². The number of benzene rings is 3. The number of aryl methyl sites for hydroxylation is 2.